The molecular weight excluding hydrogens is 334 g/mol. The molecule has 0 bridgehead atoms. The first kappa shape index (κ1) is 17.6. The second-order valence-electron chi connectivity index (χ2n) is 4.96. The van der Waals surface area contributed by atoms with Crippen LogP contribution < -0.4 is 14.2 Å². The highest BCUT2D eigenvalue weighted by Crippen LogP contribution is 2.30. The molecule has 0 aliphatic carbocycles. The molecule has 0 radical (unpaired) electrons. The van der Waals surface area contributed by atoms with Crippen molar-refractivity contribution in [3.05, 3.63) is 47.5 Å². The molecule has 0 saturated heterocycles. The number of aromatic carboxylic acids is 1. The summed E-state index contributed by atoms with van der Waals surface area (Å²) in [5.41, 5.74) is 0.751. The van der Waals surface area contributed by atoms with Crippen LogP contribution in [0.4, 0.5) is 5.69 Å². The van der Waals surface area contributed by atoms with Gasteiger partial charge in [-0.2, -0.15) is 0 Å². The van der Waals surface area contributed by atoms with Crippen molar-refractivity contribution in [3.8, 4) is 11.5 Å². The maximum Gasteiger partial charge on any atom is 0.335 e. The molecular formula is C16H17NO6S. The number of sulfonamides is 1. The molecule has 0 aliphatic heterocycles. The number of hydrogen-bond acceptors (Lipinski definition) is 5. The van der Waals surface area contributed by atoms with E-state index >= 15 is 0 Å². The maximum atomic E-state index is 12.7. The Kier molecular flexibility index (Phi) is 4.99. The Balaban J connectivity index is 2.49. The fourth-order valence-corrected chi connectivity index (χ4v) is 3.37. The van der Waals surface area contributed by atoms with Crippen molar-refractivity contribution in [2.45, 2.75) is 11.8 Å². The zero-order chi connectivity index (χ0) is 17.9. The lowest BCUT2D eigenvalue weighted by Crippen LogP contribution is -2.15. The smallest absolute Gasteiger partial charge is 0.335 e. The van der Waals surface area contributed by atoms with Gasteiger partial charge < -0.3 is 14.6 Å². The first-order valence-corrected chi connectivity index (χ1v) is 8.35. The molecule has 2 aromatic rings. The van der Waals surface area contributed by atoms with Crippen LogP contribution in [0.3, 0.4) is 0 Å². The van der Waals surface area contributed by atoms with E-state index in [2.05, 4.69) is 4.72 Å². The summed E-state index contributed by atoms with van der Waals surface area (Å²) in [6, 6.07) is 8.59. The molecule has 128 valence electrons. The zero-order valence-corrected chi connectivity index (χ0v) is 14.2. The van der Waals surface area contributed by atoms with Crippen LogP contribution in [0.5, 0.6) is 11.5 Å². The first-order valence-electron chi connectivity index (χ1n) is 6.87. The summed E-state index contributed by atoms with van der Waals surface area (Å²) in [5, 5.41) is 9.05. The molecule has 24 heavy (non-hydrogen) atoms. The SMILES string of the molecule is COc1ccc(OC)c(S(=O)(=O)Nc2cc(C(=O)O)ccc2C)c1. The van der Waals surface area contributed by atoms with Crippen molar-refractivity contribution in [1.82, 2.24) is 0 Å². The van der Waals surface area contributed by atoms with Crippen LogP contribution in [0.2, 0.25) is 0 Å². The van der Waals surface area contributed by atoms with Crippen LogP contribution in [0.1, 0.15) is 15.9 Å². The largest absolute Gasteiger partial charge is 0.497 e. The van der Waals surface area contributed by atoms with E-state index in [0.29, 0.717) is 11.3 Å². The molecule has 0 amide bonds. The number of benzene rings is 2. The number of rotatable bonds is 6. The second-order valence-corrected chi connectivity index (χ2v) is 6.61. The van der Waals surface area contributed by atoms with Crippen LogP contribution in [-0.2, 0) is 10.0 Å². The predicted molar refractivity (Wildman–Crippen MR) is 88.5 cm³/mol. The van der Waals surface area contributed by atoms with Gasteiger partial charge in [-0.05, 0) is 36.8 Å². The number of aryl methyl sites for hydroxylation is 1. The number of anilines is 1. The zero-order valence-electron chi connectivity index (χ0n) is 13.4. The lowest BCUT2D eigenvalue weighted by atomic mass is 10.1. The molecule has 0 fully saturated rings. The molecule has 0 atom stereocenters. The van der Waals surface area contributed by atoms with E-state index in [9.17, 15) is 13.2 Å². The van der Waals surface area contributed by atoms with Crippen LogP contribution in [0.25, 0.3) is 0 Å². The summed E-state index contributed by atoms with van der Waals surface area (Å²) in [4.78, 5) is 11.0. The standard InChI is InChI=1S/C16H17NO6S/c1-10-4-5-11(16(18)19)8-13(10)17-24(20,21)15-9-12(22-2)6-7-14(15)23-3/h4-9,17H,1-3H3,(H,18,19). The third-order valence-corrected chi connectivity index (χ3v) is 4.78. The Morgan fingerprint density at radius 3 is 2.38 bits per heavy atom. The van der Waals surface area contributed by atoms with Crippen molar-refractivity contribution in [2.24, 2.45) is 0 Å². The summed E-state index contributed by atoms with van der Waals surface area (Å²) in [5.74, 6) is -0.642. The van der Waals surface area contributed by atoms with Gasteiger partial charge in [0.2, 0.25) is 0 Å². The van der Waals surface area contributed by atoms with E-state index < -0.39 is 16.0 Å². The van der Waals surface area contributed by atoms with E-state index in [1.165, 1.54) is 44.6 Å². The number of carbonyl (C=O) groups is 1. The molecule has 0 aliphatic rings. The number of hydrogen-bond donors (Lipinski definition) is 2. The minimum Gasteiger partial charge on any atom is -0.497 e. The van der Waals surface area contributed by atoms with Crippen molar-refractivity contribution in [3.63, 3.8) is 0 Å². The molecule has 8 heteroatoms. The van der Waals surface area contributed by atoms with Crippen molar-refractivity contribution in [1.29, 1.82) is 0 Å². The maximum absolute atomic E-state index is 12.7. The number of methoxy groups -OCH3 is 2. The highest BCUT2D eigenvalue weighted by atomic mass is 32.2. The monoisotopic (exact) mass is 351 g/mol. The van der Waals surface area contributed by atoms with E-state index in [4.69, 9.17) is 14.6 Å². The molecule has 0 saturated carbocycles. The van der Waals surface area contributed by atoms with Gasteiger partial charge in [0.15, 0.2) is 0 Å². The number of carboxylic acids is 1. The van der Waals surface area contributed by atoms with Gasteiger partial charge in [0.25, 0.3) is 10.0 Å². The third-order valence-electron chi connectivity index (χ3n) is 3.39. The molecule has 7 nitrogen and oxygen atoms in total. The van der Waals surface area contributed by atoms with Gasteiger partial charge in [-0.15, -0.1) is 0 Å². The lowest BCUT2D eigenvalue weighted by molar-refractivity contribution is 0.0697. The van der Waals surface area contributed by atoms with Crippen molar-refractivity contribution in [2.75, 3.05) is 18.9 Å². The molecule has 0 aromatic heterocycles. The Labute approximate surface area is 139 Å². The average molecular weight is 351 g/mol. The fourth-order valence-electron chi connectivity index (χ4n) is 2.06. The summed E-state index contributed by atoms with van der Waals surface area (Å²) < 4.78 is 37.9. The van der Waals surface area contributed by atoms with E-state index in [0.717, 1.165) is 0 Å². The molecule has 0 unspecified atom stereocenters. The summed E-state index contributed by atoms with van der Waals surface area (Å²) in [6.45, 7) is 1.67. The lowest BCUT2D eigenvalue weighted by Gasteiger charge is -2.14. The van der Waals surface area contributed by atoms with E-state index in [1.54, 1.807) is 13.0 Å². The fraction of sp³-hybridized carbons (Fsp3) is 0.188. The second kappa shape index (κ2) is 6.79. The molecule has 0 spiro atoms. The van der Waals surface area contributed by atoms with Crippen molar-refractivity contribution < 1.29 is 27.8 Å². The first-order chi connectivity index (χ1) is 11.3. The summed E-state index contributed by atoms with van der Waals surface area (Å²) in [7, 11) is -1.22. The van der Waals surface area contributed by atoms with Gasteiger partial charge in [-0.3, -0.25) is 4.72 Å². The van der Waals surface area contributed by atoms with Gasteiger partial charge in [-0.1, -0.05) is 6.07 Å². The predicted octanol–water partition coefficient (Wildman–Crippen LogP) is 2.51. The van der Waals surface area contributed by atoms with Crippen LogP contribution in [-0.4, -0.2) is 33.7 Å². The third kappa shape index (κ3) is 3.60. The normalized spacial score (nSPS) is 11.0. The van der Waals surface area contributed by atoms with Gasteiger partial charge in [-0.25, -0.2) is 13.2 Å². The van der Waals surface area contributed by atoms with Gasteiger partial charge >= 0.3 is 5.97 Å². The minimum absolute atomic E-state index is 0.0177. The van der Waals surface area contributed by atoms with Gasteiger partial charge in [0.05, 0.1) is 25.5 Å². The average Bonchev–Trinajstić information content (AvgIpc) is 2.55. The Morgan fingerprint density at radius 1 is 1.08 bits per heavy atom. The highest BCUT2D eigenvalue weighted by Gasteiger charge is 2.22. The summed E-state index contributed by atoms with van der Waals surface area (Å²) in [6.07, 6.45) is 0. The van der Waals surface area contributed by atoms with Gasteiger partial charge in [0.1, 0.15) is 16.4 Å². The number of nitrogens with one attached hydrogen (secondary N) is 1. The Hall–Kier alpha value is -2.74. The van der Waals surface area contributed by atoms with Crippen LogP contribution >= 0.6 is 0 Å². The molecule has 0 heterocycles. The summed E-state index contributed by atoms with van der Waals surface area (Å²) >= 11 is 0. The molecule has 2 N–H and O–H groups in total. The van der Waals surface area contributed by atoms with Crippen molar-refractivity contribution >= 4 is 21.7 Å². The quantitative estimate of drug-likeness (QED) is 0.829. The van der Waals surface area contributed by atoms with Crippen LogP contribution in [0, 0.1) is 6.92 Å². The molecule has 2 rings (SSSR count). The number of carboxylic acid groups (broad SMARTS) is 1. The topological polar surface area (TPSA) is 102 Å². The van der Waals surface area contributed by atoms with E-state index in [-0.39, 0.29) is 21.9 Å². The highest BCUT2D eigenvalue weighted by molar-refractivity contribution is 7.92. The Morgan fingerprint density at radius 2 is 1.79 bits per heavy atom. The van der Waals surface area contributed by atoms with Gasteiger partial charge in [0, 0.05) is 6.07 Å². The Bertz CT molecular complexity index is 876. The molecule has 2 aromatic carbocycles. The van der Waals surface area contributed by atoms with E-state index in [1.807, 2.05) is 0 Å². The van der Waals surface area contributed by atoms with Crippen LogP contribution in [0.15, 0.2) is 41.3 Å². The number of ether oxygens (including phenoxy) is 2. The minimum atomic E-state index is -4.00.